The lowest BCUT2D eigenvalue weighted by Crippen LogP contribution is -2.48. The highest BCUT2D eigenvalue weighted by Crippen LogP contribution is 2.35. The van der Waals surface area contributed by atoms with E-state index in [4.69, 9.17) is 0 Å². The minimum atomic E-state index is 0.195. The Morgan fingerprint density at radius 3 is 2.54 bits per heavy atom. The van der Waals surface area contributed by atoms with E-state index in [0.29, 0.717) is 12.1 Å². The van der Waals surface area contributed by atoms with Gasteiger partial charge in [0.05, 0.1) is 4.88 Å². The summed E-state index contributed by atoms with van der Waals surface area (Å²) in [6.07, 6.45) is 7.96. The number of amides is 1. The largest absolute Gasteiger partial charge is 0.350 e. The maximum Gasteiger partial charge on any atom is 0.264 e. The summed E-state index contributed by atoms with van der Waals surface area (Å²) in [7, 11) is 0. The fourth-order valence-corrected chi connectivity index (χ4v) is 4.44. The summed E-state index contributed by atoms with van der Waals surface area (Å²) in [6, 6.07) is 5.12. The molecule has 0 N–H and O–H groups in total. The van der Waals surface area contributed by atoms with Gasteiger partial charge < -0.3 is 9.80 Å². The van der Waals surface area contributed by atoms with E-state index in [-0.39, 0.29) is 5.91 Å². The first kappa shape index (κ1) is 15.6. The molecule has 24 heavy (non-hydrogen) atoms. The van der Waals surface area contributed by atoms with E-state index in [0.717, 1.165) is 42.2 Å². The molecule has 0 atom stereocenters. The molecule has 3 heterocycles. The van der Waals surface area contributed by atoms with E-state index >= 15 is 0 Å². The van der Waals surface area contributed by atoms with Crippen molar-refractivity contribution in [3.63, 3.8) is 0 Å². The van der Waals surface area contributed by atoms with Gasteiger partial charge in [-0.2, -0.15) is 0 Å². The minimum absolute atomic E-state index is 0.195. The summed E-state index contributed by atoms with van der Waals surface area (Å²) in [5.41, 5.74) is 1.09. The van der Waals surface area contributed by atoms with Gasteiger partial charge in [-0.3, -0.25) is 4.79 Å². The molecule has 2 fully saturated rings. The highest BCUT2D eigenvalue weighted by molar-refractivity contribution is 7.12. The first-order chi connectivity index (χ1) is 11.7. The number of hydrogen-bond acceptors (Lipinski definition) is 5. The summed E-state index contributed by atoms with van der Waals surface area (Å²) < 4.78 is 0. The van der Waals surface area contributed by atoms with Crippen LogP contribution in [0.3, 0.4) is 0 Å². The van der Waals surface area contributed by atoms with Crippen LogP contribution in [0, 0.1) is 6.92 Å². The fraction of sp³-hybridized carbons (Fsp3) is 0.500. The van der Waals surface area contributed by atoms with Gasteiger partial charge in [-0.15, -0.1) is 11.3 Å². The Kier molecular flexibility index (Phi) is 4.22. The van der Waals surface area contributed by atoms with Crippen molar-refractivity contribution < 1.29 is 4.79 Å². The molecule has 2 aliphatic rings. The van der Waals surface area contributed by atoms with E-state index in [1.54, 1.807) is 17.7 Å². The fourth-order valence-electron chi connectivity index (χ4n) is 3.54. The van der Waals surface area contributed by atoms with Crippen molar-refractivity contribution in [3.05, 3.63) is 40.5 Å². The predicted octanol–water partition coefficient (Wildman–Crippen LogP) is 3.12. The van der Waals surface area contributed by atoms with Crippen molar-refractivity contribution in [2.75, 3.05) is 18.0 Å². The summed E-state index contributed by atoms with van der Waals surface area (Å²) in [5, 5.41) is 2.00. The zero-order valence-corrected chi connectivity index (χ0v) is 14.7. The Morgan fingerprint density at radius 1 is 1.21 bits per heavy atom. The number of carbonyl (C=O) groups excluding carboxylic acids is 1. The second-order valence-corrected chi connectivity index (χ2v) is 7.58. The van der Waals surface area contributed by atoms with Crippen LogP contribution in [-0.4, -0.2) is 45.9 Å². The third-order valence-corrected chi connectivity index (χ3v) is 5.98. The van der Waals surface area contributed by atoms with Crippen LogP contribution in [0.15, 0.2) is 30.0 Å². The van der Waals surface area contributed by atoms with Crippen molar-refractivity contribution >= 4 is 23.1 Å². The number of aromatic nitrogens is 2. The van der Waals surface area contributed by atoms with Gasteiger partial charge in [-0.05, 0) is 55.7 Å². The van der Waals surface area contributed by atoms with Crippen LogP contribution in [0.2, 0.25) is 0 Å². The summed E-state index contributed by atoms with van der Waals surface area (Å²) in [4.78, 5) is 26.5. The number of hydrogen-bond donors (Lipinski definition) is 0. The number of thiophene rings is 1. The maximum absolute atomic E-state index is 12.7. The number of anilines is 1. The van der Waals surface area contributed by atoms with E-state index in [9.17, 15) is 4.79 Å². The van der Waals surface area contributed by atoms with Crippen molar-refractivity contribution in [2.24, 2.45) is 0 Å². The van der Waals surface area contributed by atoms with E-state index in [1.165, 1.54) is 12.8 Å². The molecule has 0 radical (unpaired) electrons. The number of rotatable bonds is 4. The molecule has 1 saturated carbocycles. The van der Waals surface area contributed by atoms with Gasteiger partial charge in [-0.25, -0.2) is 9.97 Å². The van der Waals surface area contributed by atoms with Crippen molar-refractivity contribution in [1.29, 1.82) is 0 Å². The van der Waals surface area contributed by atoms with Crippen LogP contribution >= 0.6 is 11.3 Å². The number of aryl methyl sites for hydroxylation is 1. The van der Waals surface area contributed by atoms with Gasteiger partial charge in [0.15, 0.2) is 0 Å². The third kappa shape index (κ3) is 3.02. The van der Waals surface area contributed by atoms with Gasteiger partial charge in [0.1, 0.15) is 12.1 Å². The molecule has 1 aliphatic heterocycles. The molecule has 126 valence electrons. The molecule has 1 aliphatic carbocycles. The standard InChI is InChI=1S/C18H22N4OS/c1-13-7-11-24-17(13)18(23)21-9-5-15(6-10-21)22(14-2-3-14)16-4-8-19-12-20-16/h4,7-8,11-12,14-15H,2-3,5-6,9-10H2,1H3. The number of likely N-dealkylation sites (tertiary alicyclic amines) is 1. The van der Waals surface area contributed by atoms with Crippen LogP contribution in [0.25, 0.3) is 0 Å². The normalized spacial score (nSPS) is 18.6. The average Bonchev–Trinajstić information content (AvgIpc) is 3.36. The molecule has 2 aromatic heterocycles. The van der Waals surface area contributed by atoms with Gasteiger partial charge in [-0.1, -0.05) is 0 Å². The van der Waals surface area contributed by atoms with Crippen LogP contribution < -0.4 is 4.90 Å². The Hall–Kier alpha value is -1.95. The van der Waals surface area contributed by atoms with E-state index in [2.05, 4.69) is 14.9 Å². The maximum atomic E-state index is 12.7. The Bertz CT molecular complexity index is 705. The molecular weight excluding hydrogens is 320 g/mol. The second-order valence-electron chi connectivity index (χ2n) is 6.66. The van der Waals surface area contributed by atoms with Gasteiger partial charge in [0.25, 0.3) is 5.91 Å². The van der Waals surface area contributed by atoms with Gasteiger partial charge in [0, 0.05) is 31.4 Å². The molecule has 0 unspecified atom stereocenters. The Balaban J connectivity index is 1.44. The van der Waals surface area contributed by atoms with Crippen LogP contribution in [0.5, 0.6) is 0 Å². The second kappa shape index (κ2) is 6.51. The minimum Gasteiger partial charge on any atom is -0.350 e. The lowest BCUT2D eigenvalue weighted by molar-refractivity contribution is 0.0716. The molecule has 0 aromatic carbocycles. The van der Waals surface area contributed by atoms with Crippen LogP contribution in [0.4, 0.5) is 5.82 Å². The van der Waals surface area contributed by atoms with Crippen molar-refractivity contribution in [1.82, 2.24) is 14.9 Å². The highest BCUT2D eigenvalue weighted by Gasteiger charge is 2.37. The zero-order chi connectivity index (χ0) is 16.5. The van der Waals surface area contributed by atoms with Crippen molar-refractivity contribution in [2.45, 2.75) is 44.7 Å². The average molecular weight is 342 g/mol. The molecule has 1 saturated heterocycles. The Morgan fingerprint density at radius 2 is 1.96 bits per heavy atom. The highest BCUT2D eigenvalue weighted by atomic mass is 32.1. The number of carbonyl (C=O) groups is 1. The topological polar surface area (TPSA) is 49.3 Å². The van der Waals surface area contributed by atoms with Gasteiger partial charge in [0.2, 0.25) is 0 Å². The number of piperidine rings is 1. The lowest BCUT2D eigenvalue weighted by Gasteiger charge is -2.39. The van der Waals surface area contributed by atoms with E-state index in [1.807, 2.05) is 35.5 Å². The lowest BCUT2D eigenvalue weighted by atomic mass is 10.0. The molecule has 4 rings (SSSR count). The molecule has 0 bridgehead atoms. The monoisotopic (exact) mass is 342 g/mol. The molecule has 1 amide bonds. The molecular formula is C18H22N4OS. The number of nitrogens with zero attached hydrogens (tertiary/aromatic N) is 4. The molecule has 2 aromatic rings. The zero-order valence-electron chi connectivity index (χ0n) is 13.9. The molecule has 5 nitrogen and oxygen atoms in total. The summed E-state index contributed by atoms with van der Waals surface area (Å²) in [6.45, 7) is 3.67. The van der Waals surface area contributed by atoms with Crippen molar-refractivity contribution in [3.8, 4) is 0 Å². The van der Waals surface area contributed by atoms with Crippen LogP contribution in [0.1, 0.15) is 40.9 Å². The summed E-state index contributed by atoms with van der Waals surface area (Å²) >= 11 is 1.55. The smallest absolute Gasteiger partial charge is 0.264 e. The van der Waals surface area contributed by atoms with Gasteiger partial charge >= 0.3 is 0 Å². The molecule has 0 spiro atoms. The van der Waals surface area contributed by atoms with E-state index < -0.39 is 0 Å². The molecule has 6 heteroatoms. The SMILES string of the molecule is Cc1ccsc1C(=O)N1CCC(N(c2ccncn2)C2CC2)CC1. The first-order valence-electron chi connectivity index (χ1n) is 8.62. The summed E-state index contributed by atoms with van der Waals surface area (Å²) in [5.74, 6) is 1.23. The van der Waals surface area contributed by atoms with Crippen LogP contribution in [-0.2, 0) is 0 Å². The third-order valence-electron chi connectivity index (χ3n) is 4.97. The predicted molar refractivity (Wildman–Crippen MR) is 95.5 cm³/mol. The quantitative estimate of drug-likeness (QED) is 0.856. The Labute approximate surface area is 146 Å². The first-order valence-corrected chi connectivity index (χ1v) is 9.49.